The van der Waals surface area contributed by atoms with Crippen LogP contribution in [0, 0.1) is 10.1 Å². The summed E-state index contributed by atoms with van der Waals surface area (Å²) in [7, 11) is 0. The van der Waals surface area contributed by atoms with E-state index < -0.39 is 16.6 Å². The van der Waals surface area contributed by atoms with E-state index in [-0.39, 0.29) is 17.9 Å². The first-order valence-electron chi connectivity index (χ1n) is 4.31. The van der Waals surface area contributed by atoms with Gasteiger partial charge in [0.05, 0.1) is 11.0 Å². The van der Waals surface area contributed by atoms with Crippen LogP contribution < -0.4 is 0 Å². The Kier molecular flexibility index (Phi) is 3.60. The SMILES string of the molecule is C=CCOC(=O)c1ccc([N+](=O)[O-])cc1O. The van der Waals surface area contributed by atoms with Crippen molar-refractivity contribution < 1.29 is 19.6 Å². The third-order valence-electron chi connectivity index (χ3n) is 1.74. The van der Waals surface area contributed by atoms with Gasteiger partial charge < -0.3 is 9.84 Å². The van der Waals surface area contributed by atoms with Gasteiger partial charge in [-0.25, -0.2) is 4.79 Å². The van der Waals surface area contributed by atoms with Gasteiger partial charge in [0.1, 0.15) is 17.9 Å². The molecule has 0 atom stereocenters. The zero-order valence-corrected chi connectivity index (χ0v) is 8.25. The Bertz CT molecular complexity index is 441. The maximum absolute atomic E-state index is 11.3. The fourth-order valence-corrected chi connectivity index (χ4v) is 1.02. The number of carbonyl (C=O) groups is 1. The number of ether oxygens (including phenoxy) is 1. The molecule has 1 rings (SSSR count). The molecule has 0 aromatic heterocycles. The number of carbonyl (C=O) groups excluding carboxylic acids is 1. The molecule has 1 aromatic carbocycles. The third-order valence-corrected chi connectivity index (χ3v) is 1.74. The van der Waals surface area contributed by atoms with Crippen molar-refractivity contribution in [3.8, 4) is 5.75 Å². The highest BCUT2D eigenvalue weighted by Crippen LogP contribution is 2.23. The van der Waals surface area contributed by atoms with Crippen molar-refractivity contribution in [1.82, 2.24) is 0 Å². The lowest BCUT2D eigenvalue weighted by Crippen LogP contribution is -2.05. The molecule has 1 N–H and O–H groups in total. The van der Waals surface area contributed by atoms with Gasteiger partial charge in [0.2, 0.25) is 0 Å². The molecule has 0 amide bonds. The smallest absolute Gasteiger partial charge is 0.342 e. The number of rotatable bonds is 4. The van der Waals surface area contributed by atoms with Crippen LogP contribution in [0.5, 0.6) is 5.75 Å². The summed E-state index contributed by atoms with van der Waals surface area (Å²) in [6.07, 6.45) is 1.38. The summed E-state index contributed by atoms with van der Waals surface area (Å²) in [4.78, 5) is 21.0. The molecule has 0 spiro atoms. The van der Waals surface area contributed by atoms with E-state index in [4.69, 9.17) is 0 Å². The highest BCUT2D eigenvalue weighted by atomic mass is 16.6. The van der Waals surface area contributed by atoms with E-state index in [0.717, 1.165) is 18.2 Å². The number of phenolic OH excluding ortho intramolecular Hbond substituents is 1. The molecule has 0 aliphatic heterocycles. The van der Waals surface area contributed by atoms with Crippen molar-refractivity contribution in [1.29, 1.82) is 0 Å². The zero-order chi connectivity index (χ0) is 12.1. The van der Waals surface area contributed by atoms with Crippen LogP contribution >= 0.6 is 0 Å². The molecule has 0 aliphatic rings. The van der Waals surface area contributed by atoms with Crippen LogP contribution in [0.15, 0.2) is 30.9 Å². The molecule has 0 bridgehead atoms. The molecular weight excluding hydrogens is 214 g/mol. The molecule has 1 aromatic rings. The minimum Gasteiger partial charge on any atom is -0.507 e. The summed E-state index contributed by atoms with van der Waals surface area (Å²) in [5, 5.41) is 19.8. The topological polar surface area (TPSA) is 89.7 Å². The number of non-ortho nitro benzene ring substituents is 1. The average Bonchev–Trinajstić information content (AvgIpc) is 2.25. The lowest BCUT2D eigenvalue weighted by atomic mass is 10.2. The molecule has 6 heteroatoms. The number of hydrogen-bond acceptors (Lipinski definition) is 5. The normalized spacial score (nSPS) is 9.50. The monoisotopic (exact) mass is 223 g/mol. The fourth-order valence-electron chi connectivity index (χ4n) is 1.02. The molecule has 84 valence electrons. The van der Waals surface area contributed by atoms with Gasteiger partial charge >= 0.3 is 5.97 Å². The minimum absolute atomic E-state index is 0.00919. The molecule has 0 aliphatic carbocycles. The van der Waals surface area contributed by atoms with Gasteiger partial charge in [-0.15, -0.1) is 0 Å². The second kappa shape index (κ2) is 4.92. The van der Waals surface area contributed by atoms with E-state index in [1.165, 1.54) is 6.08 Å². The van der Waals surface area contributed by atoms with E-state index in [0.29, 0.717) is 0 Å². The van der Waals surface area contributed by atoms with Gasteiger partial charge in [-0.1, -0.05) is 12.7 Å². The van der Waals surface area contributed by atoms with Crippen LogP contribution in [0.4, 0.5) is 5.69 Å². The first kappa shape index (κ1) is 11.7. The van der Waals surface area contributed by atoms with Gasteiger partial charge in [-0.05, 0) is 6.07 Å². The molecule has 0 saturated carbocycles. The van der Waals surface area contributed by atoms with Crippen molar-refractivity contribution >= 4 is 11.7 Å². The van der Waals surface area contributed by atoms with Crippen LogP contribution in [0.2, 0.25) is 0 Å². The summed E-state index contributed by atoms with van der Waals surface area (Å²) in [5.74, 6) is -1.24. The predicted molar refractivity (Wildman–Crippen MR) is 55.2 cm³/mol. The van der Waals surface area contributed by atoms with Crippen molar-refractivity contribution in [2.45, 2.75) is 0 Å². The lowest BCUT2D eigenvalue weighted by molar-refractivity contribution is -0.384. The maximum atomic E-state index is 11.3. The molecule has 16 heavy (non-hydrogen) atoms. The van der Waals surface area contributed by atoms with Gasteiger partial charge in [0.25, 0.3) is 5.69 Å². The predicted octanol–water partition coefficient (Wildman–Crippen LogP) is 1.64. The van der Waals surface area contributed by atoms with Crippen LogP contribution in [0.1, 0.15) is 10.4 Å². The van der Waals surface area contributed by atoms with Crippen molar-refractivity contribution in [2.75, 3.05) is 6.61 Å². The van der Waals surface area contributed by atoms with Crippen LogP contribution in [0.25, 0.3) is 0 Å². The molecule has 6 nitrogen and oxygen atoms in total. The Morgan fingerprint density at radius 1 is 1.62 bits per heavy atom. The number of esters is 1. The Morgan fingerprint density at radius 3 is 2.81 bits per heavy atom. The quantitative estimate of drug-likeness (QED) is 0.362. The first-order chi connectivity index (χ1) is 7.56. The van der Waals surface area contributed by atoms with E-state index in [1.807, 2.05) is 0 Å². The minimum atomic E-state index is -0.757. The second-order valence-electron chi connectivity index (χ2n) is 2.85. The molecular formula is C10H9NO5. The van der Waals surface area contributed by atoms with Crippen molar-refractivity contribution in [3.63, 3.8) is 0 Å². The third kappa shape index (κ3) is 2.57. The Hall–Kier alpha value is -2.37. The number of nitro benzene ring substituents is 1. The van der Waals surface area contributed by atoms with Gasteiger partial charge in [-0.2, -0.15) is 0 Å². The Morgan fingerprint density at radius 2 is 2.31 bits per heavy atom. The first-order valence-corrected chi connectivity index (χ1v) is 4.31. The summed E-state index contributed by atoms with van der Waals surface area (Å²) < 4.78 is 4.67. The van der Waals surface area contributed by atoms with E-state index >= 15 is 0 Å². The number of hydrogen-bond donors (Lipinski definition) is 1. The largest absolute Gasteiger partial charge is 0.507 e. The second-order valence-corrected chi connectivity index (χ2v) is 2.85. The van der Waals surface area contributed by atoms with Gasteiger partial charge in [0, 0.05) is 6.07 Å². The van der Waals surface area contributed by atoms with Crippen LogP contribution in [-0.2, 0) is 4.74 Å². The van der Waals surface area contributed by atoms with Gasteiger partial charge in [0.15, 0.2) is 0 Å². The molecule has 0 heterocycles. The summed E-state index contributed by atoms with van der Waals surface area (Å²) >= 11 is 0. The number of aromatic hydroxyl groups is 1. The van der Waals surface area contributed by atoms with E-state index in [1.54, 1.807) is 0 Å². The van der Waals surface area contributed by atoms with Crippen molar-refractivity contribution in [2.24, 2.45) is 0 Å². The van der Waals surface area contributed by atoms with E-state index in [2.05, 4.69) is 11.3 Å². The number of nitrogens with zero attached hydrogens (tertiary/aromatic N) is 1. The van der Waals surface area contributed by atoms with Crippen LogP contribution in [-0.4, -0.2) is 22.6 Å². The lowest BCUT2D eigenvalue weighted by Gasteiger charge is -2.03. The highest BCUT2D eigenvalue weighted by Gasteiger charge is 2.16. The average molecular weight is 223 g/mol. The number of nitro groups is 1. The highest BCUT2D eigenvalue weighted by molar-refractivity contribution is 5.92. The number of phenols is 1. The van der Waals surface area contributed by atoms with Gasteiger partial charge in [-0.3, -0.25) is 10.1 Å². The fraction of sp³-hybridized carbons (Fsp3) is 0.100. The molecule has 0 fully saturated rings. The Labute approximate surface area is 90.9 Å². The van der Waals surface area contributed by atoms with Crippen LogP contribution in [0.3, 0.4) is 0 Å². The molecule has 0 radical (unpaired) electrons. The van der Waals surface area contributed by atoms with Crippen molar-refractivity contribution in [3.05, 3.63) is 46.5 Å². The summed E-state index contributed by atoms with van der Waals surface area (Å²) in [6, 6.07) is 3.15. The Balaban J connectivity index is 2.94. The molecule has 0 saturated heterocycles. The maximum Gasteiger partial charge on any atom is 0.342 e. The summed E-state index contributed by atoms with van der Waals surface area (Å²) in [5.41, 5.74) is -0.412. The standard InChI is InChI=1S/C10H9NO5/c1-2-5-16-10(13)8-4-3-7(11(14)15)6-9(8)12/h2-4,6,12H,1,5H2. The number of benzene rings is 1. The van der Waals surface area contributed by atoms with E-state index in [9.17, 15) is 20.0 Å². The zero-order valence-electron chi connectivity index (χ0n) is 8.25. The summed E-state index contributed by atoms with van der Waals surface area (Å²) in [6.45, 7) is 3.37. The molecule has 0 unspecified atom stereocenters.